The van der Waals surface area contributed by atoms with Crippen LogP contribution in [0.4, 0.5) is 0 Å². The average Bonchev–Trinajstić information content (AvgIpc) is 3.14. The van der Waals surface area contributed by atoms with Gasteiger partial charge in [-0.05, 0) is 98.4 Å². The molecule has 0 aliphatic heterocycles. The summed E-state index contributed by atoms with van der Waals surface area (Å²) in [5.74, 6) is -2.52. The van der Waals surface area contributed by atoms with E-state index in [1.54, 1.807) is 26.8 Å². The summed E-state index contributed by atoms with van der Waals surface area (Å²) in [5.41, 5.74) is -8.86. The van der Waals surface area contributed by atoms with Crippen molar-refractivity contribution < 1.29 is 43.9 Å². The van der Waals surface area contributed by atoms with Gasteiger partial charge in [-0.2, -0.15) is 0 Å². The molecule has 0 spiro atoms. The number of rotatable bonds is 22. The predicted molar refractivity (Wildman–Crippen MR) is 230 cm³/mol. The van der Waals surface area contributed by atoms with Crippen molar-refractivity contribution in [3.63, 3.8) is 0 Å². The van der Waals surface area contributed by atoms with Crippen LogP contribution in [0, 0.1) is 7.14 Å². The molecule has 3 aromatic rings. The molecule has 1 aromatic carbocycles. The fraction of sp³-hybridized carbons (Fsp3) is 0.595. The molecule has 0 aliphatic rings. The van der Waals surface area contributed by atoms with Gasteiger partial charge in [0.15, 0.2) is 5.78 Å². The number of carbonyl (C=O) groups excluding carboxylic acids is 3. The van der Waals surface area contributed by atoms with Crippen molar-refractivity contribution in [3.8, 4) is 5.75 Å². The number of esters is 2. The summed E-state index contributed by atoms with van der Waals surface area (Å²) in [5, 5.41) is 29.7. The maximum absolute atomic E-state index is 13.4. The van der Waals surface area contributed by atoms with Crippen molar-refractivity contribution in [3.05, 3.63) is 87.7 Å². The lowest BCUT2D eigenvalue weighted by Crippen LogP contribution is -2.55. The third-order valence-electron chi connectivity index (χ3n) is 8.97. The zero-order valence-electron chi connectivity index (χ0n) is 34.1. The molecule has 0 aliphatic carbocycles. The number of aliphatic hydroxyl groups is 2. The van der Waals surface area contributed by atoms with Crippen LogP contribution < -0.4 is 34.1 Å². The van der Waals surface area contributed by atoms with E-state index in [0.29, 0.717) is 36.4 Å². The van der Waals surface area contributed by atoms with Gasteiger partial charge in [0.2, 0.25) is 0 Å². The van der Waals surface area contributed by atoms with Crippen LogP contribution in [0.5, 0.6) is 5.75 Å². The second-order valence-corrected chi connectivity index (χ2v) is 17.2. The lowest BCUT2D eigenvalue weighted by atomic mass is 9.96. The first-order chi connectivity index (χ1) is 28.0. The molecule has 332 valence electrons. The van der Waals surface area contributed by atoms with Crippen molar-refractivity contribution in [2.45, 2.75) is 124 Å². The maximum atomic E-state index is 13.4. The highest BCUT2D eigenvalue weighted by Crippen LogP contribution is 2.30. The second-order valence-electron chi connectivity index (χ2n) is 14.8. The van der Waals surface area contributed by atoms with Crippen LogP contribution in [0.1, 0.15) is 77.6 Å². The fourth-order valence-electron chi connectivity index (χ4n) is 6.20. The molecule has 2 heterocycles. The van der Waals surface area contributed by atoms with E-state index in [4.69, 9.17) is 14.2 Å². The van der Waals surface area contributed by atoms with Gasteiger partial charge in [0.05, 0.1) is 60.9 Å². The summed E-state index contributed by atoms with van der Waals surface area (Å²) in [6.45, 7) is 5.16. The highest BCUT2D eigenvalue weighted by Gasteiger charge is 2.33. The fourth-order valence-corrected chi connectivity index (χ4v) is 8.04. The Bertz CT molecular complexity index is 2440. The Labute approximate surface area is 369 Å². The van der Waals surface area contributed by atoms with Crippen molar-refractivity contribution in [1.29, 1.82) is 0 Å². The van der Waals surface area contributed by atoms with Crippen LogP contribution in [0.25, 0.3) is 0 Å². The molecule has 23 heteroatoms. The van der Waals surface area contributed by atoms with Gasteiger partial charge < -0.3 is 29.5 Å². The van der Waals surface area contributed by atoms with Gasteiger partial charge >= 0.3 is 46.1 Å². The number of aromatic nitrogens is 6. The Morgan fingerprint density at radius 2 is 1.15 bits per heavy atom. The number of hydrogen-bond acceptors (Lipinski definition) is 15. The topological polar surface area (TPSA) is 272 Å². The average molecular weight is 1070 g/mol. The number of aromatic hydroxyl groups is 1. The SMILES string of the molecule is CCCn1c(=O)n(CCC(=O)OCCn2c(=O)n(CCO)c(=O)n(CCOC(C)(C)C(=O)c3cc(I)cc(I)c3O)c2=O)c(=O)n(CCC(=O)OC(C)(C)CC(C)O)c1=O. The Hall–Kier alpha value is -4.21. The second kappa shape index (κ2) is 21.5. The van der Waals surface area contributed by atoms with E-state index in [1.807, 2.05) is 45.2 Å². The largest absolute Gasteiger partial charge is 0.506 e. The minimum atomic E-state index is -1.53. The molecule has 0 bridgehead atoms. The van der Waals surface area contributed by atoms with E-state index < -0.39 is 128 Å². The van der Waals surface area contributed by atoms with E-state index in [0.717, 1.165) is 4.57 Å². The minimum Gasteiger partial charge on any atom is -0.506 e. The first kappa shape index (κ1) is 50.1. The number of nitrogens with zero attached hydrogens (tertiary/aromatic N) is 6. The number of phenols is 1. The van der Waals surface area contributed by atoms with Crippen LogP contribution in [0.2, 0.25) is 0 Å². The molecule has 0 radical (unpaired) electrons. The molecular formula is C37H50I2N6O15. The van der Waals surface area contributed by atoms with Gasteiger partial charge in [0.25, 0.3) is 0 Å². The first-order valence-electron chi connectivity index (χ1n) is 18.9. The highest BCUT2D eigenvalue weighted by molar-refractivity contribution is 14.1. The van der Waals surface area contributed by atoms with Gasteiger partial charge in [0.1, 0.15) is 23.6 Å². The Morgan fingerprint density at radius 1 is 0.700 bits per heavy atom. The molecule has 0 saturated carbocycles. The lowest BCUT2D eigenvalue weighted by molar-refractivity contribution is -0.159. The van der Waals surface area contributed by atoms with Crippen molar-refractivity contribution in [2.24, 2.45) is 0 Å². The van der Waals surface area contributed by atoms with Crippen LogP contribution in [0.15, 0.2) is 40.9 Å². The summed E-state index contributed by atoms with van der Waals surface area (Å²) in [7, 11) is 0. The van der Waals surface area contributed by atoms with Crippen LogP contribution >= 0.6 is 45.2 Å². The molecule has 60 heavy (non-hydrogen) atoms. The van der Waals surface area contributed by atoms with Crippen molar-refractivity contribution in [1.82, 2.24) is 27.4 Å². The Balaban J connectivity index is 1.76. The Morgan fingerprint density at radius 3 is 1.63 bits per heavy atom. The van der Waals surface area contributed by atoms with E-state index in [1.165, 1.54) is 26.8 Å². The number of carbonyl (C=O) groups is 3. The number of hydrogen-bond donors (Lipinski definition) is 3. The number of ketones is 1. The maximum Gasteiger partial charge on any atom is 0.336 e. The van der Waals surface area contributed by atoms with Crippen LogP contribution in [-0.2, 0) is 63.1 Å². The number of halogens is 2. The van der Waals surface area contributed by atoms with Crippen molar-refractivity contribution >= 4 is 62.9 Å². The third kappa shape index (κ3) is 12.7. The molecule has 21 nitrogen and oxygen atoms in total. The first-order valence-corrected chi connectivity index (χ1v) is 21.1. The zero-order valence-corrected chi connectivity index (χ0v) is 38.4. The van der Waals surface area contributed by atoms with Crippen molar-refractivity contribution in [2.75, 3.05) is 19.8 Å². The molecular weight excluding hydrogens is 1020 g/mol. The number of ether oxygens (including phenoxy) is 3. The quantitative estimate of drug-likeness (QED) is 0.0667. The van der Waals surface area contributed by atoms with E-state index in [-0.39, 0.29) is 30.9 Å². The molecule has 1 unspecified atom stereocenters. The summed E-state index contributed by atoms with van der Waals surface area (Å²) in [6, 6.07) is 3.16. The van der Waals surface area contributed by atoms with E-state index in [2.05, 4.69) is 0 Å². The number of aliphatic hydroxyl groups excluding tert-OH is 2. The van der Waals surface area contributed by atoms with Gasteiger partial charge in [-0.3, -0.25) is 14.4 Å². The van der Waals surface area contributed by atoms with Gasteiger partial charge in [-0.25, -0.2) is 56.2 Å². The molecule has 3 N–H and O–H groups in total. The Kier molecular flexibility index (Phi) is 18.0. The van der Waals surface area contributed by atoms with E-state index >= 15 is 0 Å². The molecule has 2 aromatic heterocycles. The number of Topliss-reactive ketones (excluding diaryl/α,β-unsaturated/α-hetero) is 1. The molecule has 3 rings (SSSR count). The predicted octanol–water partition coefficient (Wildman–Crippen LogP) is -0.232. The molecule has 0 fully saturated rings. The standard InChI is InChI=1S/C37H50I2N6O15/c1-7-10-40-30(52)41(32(54)42(31(40)53)12-9-27(49)60-36(3,4)21-22(2)47)11-8-26(48)58-17-14-44-33(55)43(13-16-46)34(56)45(35(44)57)15-18-59-37(5,6)29(51)24-19-23(38)20-25(39)28(24)50/h19-20,22,46-47,50H,7-18,21H2,1-6H3. The lowest BCUT2D eigenvalue weighted by Gasteiger charge is -2.26. The molecule has 0 saturated heterocycles. The highest BCUT2D eigenvalue weighted by atomic mass is 127. The number of phenolic OH excluding ortho intramolecular Hbond substituents is 1. The smallest absolute Gasteiger partial charge is 0.336 e. The van der Waals surface area contributed by atoms with Gasteiger partial charge in [-0.15, -0.1) is 0 Å². The monoisotopic (exact) mass is 1070 g/mol. The normalized spacial score (nSPS) is 12.4. The minimum absolute atomic E-state index is 0.0101. The summed E-state index contributed by atoms with van der Waals surface area (Å²) in [6.07, 6.45) is -1.28. The number of benzene rings is 1. The molecule has 0 amide bonds. The van der Waals surface area contributed by atoms with Crippen LogP contribution in [0.3, 0.4) is 0 Å². The van der Waals surface area contributed by atoms with Gasteiger partial charge in [-0.1, -0.05) is 6.92 Å². The third-order valence-corrected chi connectivity index (χ3v) is 10.4. The summed E-state index contributed by atoms with van der Waals surface area (Å²) in [4.78, 5) is 118. The summed E-state index contributed by atoms with van der Waals surface area (Å²) < 4.78 is 21.5. The zero-order chi connectivity index (χ0) is 45.3. The van der Waals surface area contributed by atoms with Gasteiger partial charge in [0, 0.05) is 29.6 Å². The summed E-state index contributed by atoms with van der Waals surface area (Å²) >= 11 is 3.88. The van der Waals surface area contributed by atoms with E-state index in [9.17, 15) is 58.5 Å². The molecule has 1 atom stereocenters. The van der Waals surface area contributed by atoms with Crippen LogP contribution in [-0.4, -0.2) is 97.6 Å².